The standard InChI is InChI=1S/C20H28F2N2O2/c1-14(2)26-17-6-7-19-18(12-17)15(13-23-19)11-16-5-3-8-24(16)9-4-10-25-20(21)22/h6-7,12-14,16,20,23H,3-5,8-11H2,1-2H3. The molecule has 0 saturated carbocycles. The van der Waals surface area contributed by atoms with E-state index in [9.17, 15) is 8.78 Å². The summed E-state index contributed by atoms with van der Waals surface area (Å²) in [5.74, 6) is 0.890. The zero-order valence-electron chi connectivity index (χ0n) is 15.5. The summed E-state index contributed by atoms with van der Waals surface area (Å²) in [5.41, 5.74) is 2.40. The van der Waals surface area contributed by atoms with Gasteiger partial charge in [0.05, 0.1) is 12.7 Å². The lowest BCUT2D eigenvalue weighted by Crippen LogP contribution is -2.32. The van der Waals surface area contributed by atoms with Crippen molar-refractivity contribution in [2.75, 3.05) is 19.7 Å². The molecule has 1 aliphatic rings. The minimum atomic E-state index is -2.67. The molecule has 0 aliphatic carbocycles. The Morgan fingerprint density at radius 3 is 2.92 bits per heavy atom. The predicted octanol–water partition coefficient (Wildman–Crippen LogP) is 4.59. The van der Waals surface area contributed by atoms with E-state index in [0.29, 0.717) is 12.5 Å². The highest BCUT2D eigenvalue weighted by Gasteiger charge is 2.25. The van der Waals surface area contributed by atoms with Gasteiger partial charge in [0.2, 0.25) is 0 Å². The highest BCUT2D eigenvalue weighted by molar-refractivity contribution is 5.84. The van der Waals surface area contributed by atoms with Crippen LogP contribution in [0, 0.1) is 0 Å². The van der Waals surface area contributed by atoms with Crippen LogP contribution in [-0.4, -0.2) is 48.3 Å². The number of halogens is 2. The number of ether oxygens (including phenoxy) is 2. The fourth-order valence-electron chi connectivity index (χ4n) is 3.79. The Morgan fingerprint density at radius 1 is 1.31 bits per heavy atom. The minimum Gasteiger partial charge on any atom is -0.491 e. The number of fused-ring (bicyclic) bond motifs is 1. The normalized spacial score (nSPS) is 18.5. The minimum absolute atomic E-state index is 0.115. The molecule has 1 N–H and O–H groups in total. The maximum atomic E-state index is 12.1. The molecular weight excluding hydrogens is 338 g/mol. The number of alkyl halides is 2. The molecule has 3 rings (SSSR count). The van der Waals surface area contributed by atoms with E-state index in [-0.39, 0.29) is 12.7 Å². The van der Waals surface area contributed by atoms with Gasteiger partial charge in [-0.15, -0.1) is 0 Å². The van der Waals surface area contributed by atoms with Crippen LogP contribution < -0.4 is 4.74 Å². The topological polar surface area (TPSA) is 37.5 Å². The number of rotatable bonds is 9. The van der Waals surface area contributed by atoms with Gasteiger partial charge in [-0.2, -0.15) is 8.78 Å². The molecule has 144 valence electrons. The Hall–Kier alpha value is -1.66. The van der Waals surface area contributed by atoms with Crippen LogP contribution in [0.1, 0.15) is 38.7 Å². The van der Waals surface area contributed by atoms with Gasteiger partial charge in [-0.3, -0.25) is 4.90 Å². The fourth-order valence-corrected chi connectivity index (χ4v) is 3.79. The van der Waals surface area contributed by atoms with Crippen molar-refractivity contribution in [3.63, 3.8) is 0 Å². The van der Waals surface area contributed by atoms with Crippen LogP contribution in [-0.2, 0) is 11.2 Å². The first-order valence-electron chi connectivity index (χ1n) is 9.43. The molecular formula is C20H28F2N2O2. The molecule has 1 aromatic heterocycles. The fraction of sp³-hybridized carbons (Fsp3) is 0.600. The number of hydrogen-bond acceptors (Lipinski definition) is 3. The van der Waals surface area contributed by atoms with Gasteiger partial charge in [-0.25, -0.2) is 0 Å². The third-order valence-corrected chi connectivity index (χ3v) is 4.90. The van der Waals surface area contributed by atoms with Crippen LogP contribution in [0.5, 0.6) is 5.75 Å². The number of aromatic nitrogens is 1. The van der Waals surface area contributed by atoms with Gasteiger partial charge < -0.3 is 14.5 Å². The van der Waals surface area contributed by atoms with E-state index in [1.54, 1.807) is 0 Å². The zero-order chi connectivity index (χ0) is 18.5. The lowest BCUT2D eigenvalue weighted by molar-refractivity contribution is -0.130. The molecule has 0 spiro atoms. The van der Waals surface area contributed by atoms with E-state index in [4.69, 9.17) is 4.74 Å². The van der Waals surface area contributed by atoms with Crippen LogP contribution in [0.4, 0.5) is 8.78 Å². The van der Waals surface area contributed by atoms with Crippen molar-refractivity contribution in [3.05, 3.63) is 30.0 Å². The van der Waals surface area contributed by atoms with Crippen LogP contribution in [0.3, 0.4) is 0 Å². The third kappa shape index (κ3) is 4.95. The average molecular weight is 366 g/mol. The number of nitrogens with one attached hydrogen (secondary N) is 1. The molecule has 0 bridgehead atoms. The molecule has 6 heteroatoms. The average Bonchev–Trinajstić information content (AvgIpc) is 3.18. The molecule has 26 heavy (non-hydrogen) atoms. The van der Waals surface area contributed by atoms with Crippen LogP contribution in [0.15, 0.2) is 24.4 Å². The largest absolute Gasteiger partial charge is 0.491 e. The Balaban J connectivity index is 1.63. The molecule has 0 radical (unpaired) electrons. The van der Waals surface area contributed by atoms with Crippen molar-refractivity contribution in [3.8, 4) is 5.75 Å². The second-order valence-corrected chi connectivity index (χ2v) is 7.21. The van der Waals surface area contributed by atoms with E-state index in [1.807, 2.05) is 19.9 Å². The van der Waals surface area contributed by atoms with Crippen molar-refractivity contribution >= 4 is 10.9 Å². The number of hydrogen-bond donors (Lipinski definition) is 1. The van der Waals surface area contributed by atoms with Crippen LogP contribution in [0.2, 0.25) is 0 Å². The zero-order valence-corrected chi connectivity index (χ0v) is 15.5. The van der Waals surface area contributed by atoms with Crippen molar-refractivity contribution in [1.29, 1.82) is 0 Å². The van der Waals surface area contributed by atoms with Gasteiger partial charge in [-0.1, -0.05) is 0 Å². The van der Waals surface area contributed by atoms with Gasteiger partial charge in [0.15, 0.2) is 0 Å². The summed E-state index contributed by atoms with van der Waals surface area (Å²) < 4.78 is 34.3. The molecule has 0 amide bonds. The first kappa shape index (κ1) is 19.1. The van der Waals surface area contributed by atoms with Crippen molar-refractivity contribution in [2.45, 2.75) is 58.3 Å². The summed E-state index contributed by atoms with van der Waals surface area (Å²) in [4.78, 5) is 5.75. The summed E-state index contributed by atoms with van der Waals surface area (Å²) in [7, 11) is 0. The van der Waals surface area contributed by atoms with E-state index >= 15 is 0 Å². The summed E-state index contributed by atoms with van der Waals surface area (Å²) in [5, 5.41) is 1.20. The Kier molecular flexibility index (Phi) is 6.48. The van der Waals surface area contributed by atoms with E-state index < -0.39 is 6.61 Å². The van der Waals surface area contributed by atoms with Gasteiger partial charge >= 0.3 is 6.61 Å². The summed E-state index contributed by atoms with van der Waals surface area (Å²) in [6.45, 7) is 3.33. The highest BCUT2D eigenvalue weighted by Crippen LogP contribution is 2.28. The van der Waals surface area contributed by atoms with E-state index in [2.05, 4.69) is 33.0 Å². The highest BCUT2D eigenvalue weighted by atomic mass is 19.3. The maximum absolute atomic E-state index is 12.1. The Bertz CT molecular complexity index is 702. The molecule has 1 atom stereocenters. The lowest BCUT2D eigenvalue weighted by atomic mass is 10.0. The number of nitrogens with zero attached hydrogens (tertiary/aromatic N) is 1. The second kappa shape index (κ2) is 8.82. The van der Waals surface area contributed by atoms with E-state index in [0.717, 1.165) is 43.6 Å². The molecule has 1 aromatic carbocycles. The molecule has 2 aromatic rings. The Labute approximate surface area is 153 Å². The molecule has 1 fully saturated rings. The molecule has 1 unspecified atom stereocenters. The predicted molar refractivity (Wildman–Crippen MR) is 98.9 cm³/mol. The molecule has 1 aliphatic heterocycles. The van der Waals surface area contributed by atoms with Crippen LogP contribution in [0.25, 0.3) is 10.9 Å². The molecule has 1 saturated heterocycles. The summed E-state index contributed by atoms with van der Waals surface area (Å²) in [6, 6.07) is 6.62. The first-order chi connectivity index (χ1) is 12.5. The lowest BCUT2D eigenvalue weighted by Gasteiger charge is -2.24. The van der Waals surface area contributed by atoms with Gasteiger partial charge in [0, 0.05) is 29.7 Å². The second-order valence-electron chi connectivity index (χ2n) is 7.21. The van der Waals surface area contributed by atoms with Gasteiger partial charge in [0.25, 0.3) is 0 Å². The SMILES string of the molecule is CC(C)Oc1ccc2[nH]cc(CC3CCCN3CCCOC(F)F)c2c1. The summed E-state index contributed by atoms with van der Waals surface area (Å²) >= 11 is 0. The number of benzene rings is 1. The molecule has 2 heterocycles. The van der Waals surface area contributed by atoms with Gasteiger partial charge in [0.1, 0.15) is 5.75 Å². The number of likely N-dealkylation sites (tertiary alicyclic amines) is 1. The molecule has 4 nitrogen and oxygen atoms in total. The van der Waals surface area contributed by atoms with E-state index in [1.165, 1.54) is 10.9 Å². The monoisotopic (exact) mass is 366 g/mol. The number of H-pyrrole nitrogens is 1. The Morgan fingerprint density at radius 2 is 2.15 bits per heavy atom. The smallest absolute Gasteiger partial charge is 0.345 e. The van der Waals surface area contributed by atoms with Crippen molar-refractivity contribution in [1.82, 2.24) is 9.88 Å². The maximum Gasteiger partial charge on any atom is 0.345 e. The summed E-state index contributed by atoms with van der Waals surface area (Å²) in [6.07, 6.45) is 6.13. The van der Waals surface area contributed by atoms with Crippen molar-refractivity contribution < 1.29 is 18.3 Å². The quantitative estimate of drug-likeness (QED) is 0.660. The number of aromatic amines is 1. The third-order valence-electron chi connectivity index (χ3n) is 4.90. The van der Waals surface area contributed by atoms with Crippen molar-refractivity contribution in [2.24, 2.45) is 0 Å². The first-order valence-corrected chi connectivity index (χ1v) is 9.43. The van der Waals surface area contributed by atoms with Gasteiger partial charge in [-0.05, 0) is 69.8 Å². The van der Waals surface area contributed by atoms with Crippen LogP contribution >= 0.6 is 0 Å².